The molecule has 2 aliphatic heterocycles. The molecule has 0 aliphatic carbocycles. The van der Waals surface area contributed by atoms with E-state index in [1.54, 1.807) is 0 Å². The molecule has 1 atom stereocenters. The SMILES string of the molecule is CCNc1nc(N2CCC(c3ccc(Cl)cc3)CC2)nc2c1[S+]([O-])CC2. The summed E-state index contributed by atoms with van der Waals surface area (Å²) < 4.78 is 12.2. The molecule has 0 radical (unpaired) electrons. The van der Waals surface area contributed by atoms with Gasteiger partial charge in [-0.2, -0.15) is 4.98 Å². The van der Waals surface area contributed by atoms with Gasteiger partial charge in [0.1, 0.15) is 11.4 Å². The Morgan fingerprint density at radius 3 is 2.65 bits per heavy atom. The second kappa shape index (κ2) is 7.62. The summed E-state index contributed by atoms with van der Waals surface area (Å²) in [6, 6.07) is 8.20. The van der Waals surface area contributed by atoms with Gasteiger partial charge in [-0.3, -0.25) is 0 Å². The fourth-order valence-corrected chi connectivity index (χ4v) is 5.21. The molecule has 1 aromatic carbocycles. The second-order valence-electron chi connectivity index (χ2n) is 6.79. The van der Waals surface area contributed by atoms with Crippen LogP contribution in [0, 0.1) is 0 Å². The average Bonchev–Trinajstić information content (AvgIpc) is 3.04. The third-order valence-electron chi connectivity index (χ3n) is 5.14. The van der Waals surface area contributed by atoms with Crippen LogP contribution in [-0.2, 0) is 17.6 Å². The van der Waals surface area contributed by atoms with Crippen molar-refractivity contribution in [2.75, 3.05) is 35.6 Å². The summed E-state index contributed by atoms with van der Waals surface area (Å²) in [4.78, 5) is 12.5. The molecule has 0 amide bonds. The van der Waals surface area contributed by atoms with Gasteiger partial charge in [0.05, 0.1) is 0 Å². The Bertz CT molecular complexity index is 778. The summed E-state index contributed by atoms with van der Waals surface area (Å²) in [6.45, 7) is 4.66. The van der Waals surface area contributed by atoms with E-state index in [9.17, 15) is 4.55 Å². The molecule has 1 N–H and O–H groups in total. The maximum atomic E-state index is 12.2. The fraction of sp³-hybridized carbons (Fsp3) is 0.474. The first-order valence-corrected chi connectivity index (χ1v) is 10.9. The van der Waals surface area contributed by atoms with E-state index in [2.05, 4.69) is 22.3 Å². The van der Waals surface area contributed by atoms with E-state index in [1.165, 1.54) is 5.56 Å². The highest BCUT2D eigenvalue weighted by Crippen LogP contribution is 2.34. The van der Waals surface area contributed by atoms with Crippen molar-refractivity contribution in [3.63, 3.8) is 0 Å². The summed E-state index contributed by atoms with van der Waals surface area (Å²) in [7, 11) is 0. The van der Waals surface area contributed by atoms with Crippen LogP contribution in [0.3, 0.4) is 0 Å². The Hall–Kier alpha value is -1.50. The lowest BCUT2D eigenvalue weighted by molar-refractivity contribution is 0.499. The molecule has 1 unspecified atom stereocenters. The summed E-state index contributed by atoms with van der Waals surface area (Å²) in [5.74, 6) is 2.74. The van der Waals surface area contributed by atoms with Crippen LogP contribution < -0.4 is 10.2 Å². The van der Waals surface area contributed by atoms with E-state index in [1.807, 2.05) is 19.1 Å². The Kier molecular flexibility index (Phi) is 5.25. The van der Waals surface area contributed by atoms with E-state index in [0.717, 1.165) is 66.3 Å². The van der Waals surface area contributed by atoms with Gasteiger partial charge in [0.15, 0.2) is 5.82 Å². The smallest absolute Gasteiger partial charge is 0.227 e. The summed E-state index contributed by atoms with van der Waals surface area (Å²) in [5.41, 5.74) is 2.30. The number of benzene rings is 1. The molecule has 3 heterocycles. The number of nitrogens with one attached hydrogen (secondary N) is 1. The molecular weight excluding hydrogens is 368 g/mol. The van der Waals surface area contributed by atoms with Crippen LogP contribution in [0.2, 0.25) is 5.02 Å². The van der Waals surface area contributed by atoms with Crippen LogP contribution in [0.1, 0.15) is 36.9 Å². The van der Waals surface area contributed by atoms with Gasteiger partial charge in [0.2, 0.25) is 10.8 Å². The number of hydrogen-bond donors (Lipinski definition) is 1. The van der Waals surface area contributed by atoms with Crippen LogP contribution >= 0.6 is 11.6 Å². The number of nitrogens with zero attached hydrogens (tertiary/aromatic N) is 3. The predicted octanol–water partition coefficient (Wildman–Crippen LogP) is 3.61. The standard InChI is InChI=1S/C19H23ClN4OS/c1-2-21-18-17-16(9-12-26(17)25)22-19(23-18)24-10-7-14(8-11-24)13-3-5-15(20)6-4-13/h3-6,14H,2,7-12H2,1H3,(H,21,22,23). The minimum Gasteiger partial charge on any atom is -0.611 e. The predicted molar refractivity (Wildman–Crippen MR) is 107 cm³/mol. The zero-order chi connectivity index (χ0) is 18.1. The molecule has 1 fully saturated rings. The van der Waals surface area contributed by atoms with Gasteiger partial charge in [-0.1, -0.05) is 23.7 Å². The van der Waals surface area contributed by atoms with Crippen molar-refractivity contribution in [3.05, 3.63) is 40.5 Å². The van der Waals surface area contributed by atoms with E-state index < -0.39 is 11.2 Å². The fourth-order valence-electron chi connectivity index (χ4n) is 3.76. The van der Waals surface area contributed by atoms with Crippen molar-refractivity contribution in [2.45, 2.75) is 37.0 Å². The third-order valence-corrected chi connectivity index (χ3v) is 6.85. The largest absolute Gasteiger partial charge is 0.611 e. The van der Waals surface area contributed by atoms with Gasteiger partial charge in [-0.15, -0.1) is 0 Å². The third kappa shape index (κ3) is 3.50. The zero-order valence-electron chi connectivity index (χ0n) is 14.9. The molecule has 1 aromatic heterocycles. The van der Waals surface area contributed by atoms with Crippen molar-refractivity contribution >= 4 is 34.5 Å². The minimum atomic E-state index is -0.973. The van der Waals surface area contributed by atoms with Gasteiger partial charge in [-0.05, 0) is 54.6 Å². The molecule has 7 heteroatoms. The van der Waals surface area contributed by atoms with Crippen LogP contribution in [0.4, 0.5) is 11.8 Å². The van der Waals surface area contributed by atoms with Crippen molar-refractivity contribution in [2.24, 2.45) is 0 Å². The summed E-state index contributed by atoms with van der Waals surface area (Å²) >= 11 is 5.03. The number of piperidine rings is 1. The molecule has 4 rings (SSSR count). The number of fused-ring (bicyclic) bond motifs is 1. The van der Waals surface area contributed by atoms with E-state index in [4.69, 9.17) is 21.6 Å². The van der Waals surface area contributed by atoms with Crippen molar-refractivity contribution in [3.8, 4) is 0 Å². The van der Waals surface area contributed by atoms with Crippen molar-refractivity contribution in [1.29, 1.82) is 0 Å². The second-order valence-corrected chi connectivity index (χ2v) is 8.73. The number of aryl methyl sites for hydroxylation is 1. The number of anilines is 2. The van der Waals surface area contributed by atoms with Crippen LogP contribution in [0.15, 0.2) is 29.2 Å². The molecule has 1 saturated heterocycles. The van der Waals surface area contributed by atoms with Crippen LogP contribution in [-0.4, -0.2) is 39.9 Å². The Balaban J connectivity index is 1.51. The molecule has 5 nitrogen and oxygen atoms in total. The normalized spacial score (nSPS) is 20.3. The van der Waals surface area contributed by atoms with E-state index in [-0.39, 0.29) is 0 Å². The molecule has 0 spiro atoms. The van der Waals surface area contributed by atoms with Crippen molar-refractivity contribution in [1.82, 2.24) is 9.97 Å². The lowest BCUT2D eigenvalue weighted by atomic mass is 9.89. The Labute approximate surface area is 162 Å². The van der Waals surface area contributed by atoms with Gasteiger partial charge in [0, 0.05) is 31.1 Å². The Morgan fingerprint density at radius 2 is 1.96 bits per heavy atom. The molecule has 26 heavy (non-hydrogen) atoms. The first kappa shape index (κ1) is 17.9. The molecular formula is C19H23ClN4OS. The van der Waals surface area contributed by atoms with Gasteiger partial charge < -0.3 is 14.8 Å². The maximum Gasteiger partial charge on any atom is 0.227 e. The monoisotopic (exact) mass is 390 g/mol. The minimum absolute atomic E-state index is 0.554. The quantitative estimate of drug-likeness (QED) is 0.808. The topological polar surface area (TPSA) is 64.1 Å². The van der Waals surface area contributed by atoms with Crippen LogP contribution in [0.5, 0.6) is 0 Å². The number of aromatic nitrogens is 2. The number of rotatable bonds is 4. The highest BCUT2D eigenvalue weighted by atomic mass is 35.5. The molecule has 0 bridgehead atoms. The maximum absolute atomic E-state index is 12.2. The van der Waals surface area contributed by atoms with E-state index in [0.29, 0.717) is 11.7 Å². The number of hydrogen-bond acceptors (Lipinski definition) is 5. The molecule has 2 aromatic rings. The van der Waals surface area contributed by atoms with Gasteiger partial charge in [-0.25, -0.2) is 4.98 Å². The summed E-state index contributed by atoms with van der Waals surface area (Å²) in [6.07, 6.45) is 2.92. The van der Waals surface area contributed by atoms with E-state index >= 15 is 0 Å². The summed E-state index contributed by atoms with van der Waals surface area (Å²) in [5, 5.41) is 4.06. The van der Waals surface area contributed by atoms with Crippen LogP contribution in [0.25, 0.3) is 0 Å². The molecule has 138 valence electrons. The number of halogens is 1. The van der Waals surface area contributed by atoms with Crippen molar-refractivity contribution < 1.29 is 4.55 Å². The highest BCUT2D eigenvalue weighted by molar-refractivity contribution is 7.91. The van der Waals surface area contributed by atoms with Gasteiger partial charge >= 0.3 is 0 Å². The lowest BCUT2D eigenvalue weighted by Gasteiger charge is -2.32. The first-order valence-electron chi connectivity index (χ1n) is 9.19. The molecule has 0 saturated carbocycles. The molecule has 2 aliphatic rings. The lowest BCUT2D eigenvalue weighted by Crippen LogP contribution is -2.34. The zero-order valence-corrected chi connectivity index (χ0v) is 16.4. The average molecular weight is 391 g/mol. The Morgan fingerprint density at radius 1 is 1.23 bits per heavy atom. The first-order chi connectivity index (χ1) is 12.7. The van der Waals surface area contributed by atoms with Gasteiger partial charge in [0.25, 0.3) is 0 Å². The highest BCUT2D eigenvalue weighted by Gasteiger charge is 2.33.